The molecule has 4 heteroatoms. The molecule has 0 aromatic heterocycles. The average molecular weight is 261 g/mol. The van der Waals surface area contributed by atoms with Crippen molar-refractivity contribution in [3.8, 4) is 5.75 Å². The van der Waals surface area contributed by atoms with Gasteiger partial charge in [-0.2, -0.15) is 0 Å². The van der Waals surface area contributed by atoms with Crippen LogP contribution in [0.15, 0.2) is 24.3 Å². The zero-order valence-corrected chi connectivity index (χ0v) is 11.2. The molecule has 0 saturated carbocycles. The number of piperidine rings is 1. The third-order valence-electron chi connectivity index (χ3n) is 3.52. The molecule has 4 nitrogen and oxygen atoms in total. The van der Waals surface area contributed by atoms with E-state index < -0.39 is 0 Å². The van der Waals surface area contributed by atoms with Gasteiger partial charge in [0.15, 0.2) is 12.9 Å². The molecule has 1 aliphatic rings. The zero-order valence-electron chi connectivity index (χ0n) is 11.2. The van der Waals surface area contributed by atoms with Crippen LogP contribution in [0.1, 0.15) is 36.5 Å². The highest BCUT2D eigenvalue weighted by Crippen LogP contribution is 2.18. The van der Waals surface area contributed by atoms with Gasteiger partial charge in [0.2, 0.25) is 0 Å². The molecule has 0 N–H and O–H groups in total. The van der Waals surface area contributed by atoms with Crippen LogP contribution in [0, 0.1) is 0 Å². The van der Waals surface area contributed by atoms with Gasteiger partial charge in [-0.05, 0) is 38.3 Å². The van der Waals surface area contributed by atoms with Crippen molar-refractivity contribution < 1.29 is 14.3 Å². The molecule has 1 atom stereocenters. The number of likely N-dealkylation sites (tertiary alicyclic amines) is 1. The first-order valence-corrected chi connectivity index (χ1v) is 6.69. The van der Waals surface area contributed by atoms with E-state index in [0.29, 0.717) is 11.3 Å². The molecule has 102 valence electrons. The van der Waals surface area contributed by atoms with Crippen molar-refractivity contribution in [3.63, 3.8) is 0 Å². The van der Waals surface area contributed by atoms with Gasteiger partial charge >= 0.3 is 0 Å². The SMILES string of the molecule is CC1CCCCN1C(=O)COc1ccccc1C=O. The summed E-state index contributed by atoms with van der Waals surface area (Å²) < 4.78 is 5.47. The van der Waals surface area contributed by atoms with Gasteiger partial charge in [-0.3, -0.25) is 9.59 Å². The summed E-state index contributed by atoms with van der Waals surface area (Å²) in [5.74, 6) is 0.461. The van der Waals surface area contributed by atoms with Crippen LogP contribution in [-0.4, -0.2) is 36.3 Å². The Balaban J connectivity index is 1.94. The summed E-state index contributed by atoms with van der Waals surface area (Å²) in [7, 11) is 0. The molecular formula is C15H19NO3. The van der Waals surface area contributed by atoms with E-state index in [1.165, 1.54) is 6.42 Å². The van der Waals surface area contributed by atoms with Crippen molar-refractivity contribution in [1.82, 2.24) is 4.90 Å². The molecule has 1 amide bonds. The van der Waals surface area contributed by atoms with Crippen molar-refractivity contribution in [1.29, 1.82) is 0 Å². The molecule has 1 aliphatic heterocycles. The largest absolute Gasteiger partial charge is 0.483 e. The second kappa shape index (κ2) is 6.36. The second-order valence-corrected chi connectivity index (χ2v) is 4.88. The lowest BCUT2D eigenvalue weighted by Crippen LogP contribution is -2.44. The van der Waals surface area contributed by atoms with Gasteiger partial charge < -0.3 is 9.64 Å². The third kappa shape index (κ3) is 3.34. The van der Waals surface area contributed by atoms with Crippen LogP contribution in [-0.2, 0) is 4.79 Å². The van der Waals surface area contributed by atoms with Crippen LogP contribution in [0.2, 0.25) is 0 Å². The quantitative estimate of drug-likeness (QED) is 0.781. The van der Waals surface area contributed by atoms with Crippen molar-refractivity contribution in [2.24, 2.45) is 0 Å². The maximum atomic E-state index is 12.1. The fraction of sp³-hybridized carbons (Fsp3) is 0.467. The van der Waals surface area contributed by atoms with Crippen molar-refractivity contribution in [2.45, 2.75) is 32.2 Å². The molecule has 0 aliphatic carbocycles. The highest BCUT2D eigenvalue weighted by atomic mass is 16.5. The molecule has 0 spiro atoms. The molecule has 19 heavy (non-hydrogen) atoms. The topological polar surface area (TPSA) is 46.6 Å². The Kier molecular flexibility index (Phi) is 4.55. The van der Waals surface area contributed by atoms with Crippen LogP contribution in [0.4, 0.5) is 0 Å². The number of benzene rings is 1. The maximum absolute atomic E-state index is 12.1. The minimum absolute atomic E-state index is 0.00477. The lowest BCUT2D eigenvalue weighted by molar-refractivity contribution is -0.136. The Morgan fingerprint density at radius 2 is 2.21 bits per heavy atom. The van der Waals surface area contributed by atoms with E-state index in [9.17, 15) is 9.59 Å². The molecule has 1 heterocycles. The smallest absolute Gasteiger partial charge is 0.260 e. The fourth-order valence-corrected chi connectivity index (χ4v) is 2.40. The Bertz CT molecular complexity index is 458. The summed E-state index contributed by atoms with van der Waals surface area (Å²) >= 11 is 0. The molecule has 1 aromatic rings. The normalized spacial score (nSPS) is 19.0. The first-order chi connectivity index (χ1) is 9.22. The number of hydrogen-bond acceptors (Lipinski definition) is 3. The molecule has 1 saturated heterocycles. The summed E-state index contributed by atoms with van der Waals surface area (Å²) in [4.78, 5) is 24.8. The van der Waals surface area contributed by atoms with Gasteiger partial charge in [0.1, 0.15) is 5.75 Å². The van der Waals surface area contributed by atoms with E-state index in [0.717, 1.165) is 25.7 Å². The number of ether oxygens (including phenoxy) is 1. The molecule has 2 rings (SSSR count). The Hall–Kier alpha value is -1.84. The van der Waals surface area contributed by atoms with Crippen molar-refractivity contribution >= 4 is 12.2 Å². The highest BCUT2D eigenvalue weighted by Gasteiger charge is 2.23. The Labute approximate surface area is 113 Å². The molecule has 1 fully saturated rings. The van der Waals surface area contributed by atoms with Crippen LogP contribution >= 0.6 is 0 Å². The number of rotatable bonds is 4. The Morgan fingerprint density at radius 1 is 1.42 bits per heavy atom. The molecule has 1 unspecified atom stereocenters. The predicted octanol–water partition coefficient (Wildman–Crippen LogP) is 2.28. The average Bonchev–Trinajstić information content (AvgIpc) is 2.45. The third-order valence-corrected chi connectivity index (χ3v) is 3.52. The predicted molar refractivity (Wildman–Crippen MR) is 72.4 cm³/mol. The van der Waals surface area contributed by atoms with Crippen LogP contribution < -0.4 is 4.74 Å². The van der Waals surface area contributed by atoms with Crippen LogP contribution in [0.5, 0.6) is 5.75 Å². The van der Waals surface area contributed by atoms with Crippen LogP contribution in [0.25, 0.3) is 0 Å². The number of carbonyl (C=O) groups is 2. The van der Waals surface area contributed by atoms with Gasteiger partial charge in [-0.15, -0.1) is 0 Å². The second-order valence-electron chi connectivity index (χ2n) is 4.88. The van der Waals surface area contributed by atoms with E-state index in [2.05, 4.69) is 6.92 Å². The first-order valence-electron chi connectivity index (χ1n) is 6.69. The number of amides is 1. The number of hydrogen-bond donors (Lipinski definition) is 0. The minimum Gasteiger partial charge on any atom is -0.483 e. The first kappa shape index (κ1) is 13.6. The van der Waals surface area contributed by atoms with Gasteiger partial charge in [0, 0.05) is 12.6 Å². The number of carbonyl (C=O) groups excluding carboxylic acids is 2. The summed E-state index contributed by atoms with van der Waals surface area (Å²) in [6.45, 7) is 2.87. The van der Waals surface area contributed by atoms with Crippen molar-refractivity contribution in [2.75, 3.05) is 13.2 Å². The molecule has 0 radical (unpaired) electrons. The van der Waals surface area contributed by atoms with Crippen LogP contribution in [0.3, 0.4) is 0 Å². The summed E-state index contributed by atoms with van der Waals surface area (Å²) in [6, 6.07) is 7.22. The zero-order chi connectivity index (χ0) is 13.7. The molecular weight excluding hydrogens is 242 g/mol. The summed E-state index contributed by atoms with van der Waals surface area (Å²) in [6.07, 6.45) is 4.03. The molecule has 0 bridgehead atoms. The summed E-state index contributed by atoms with van der Waals surface area (Å²) in [5, 5.41) is 0. The minimum atomic E-state index is -0.00657. The van der Waals surface area contributed by atoms with E-state index in [4.69, 9.17) is 4.74 Å². The van der Waals surface area contributed by atoms with E-state index in [1.807, 2.05) is 4.90 Å². The standard InChI is InChI=1S/C15H19NO3/c1-12-6-4-5-9-16(12)15(18)11-19-14-8-3-2-7-13(14)10-17/h2-3,7-8,10,12H,4-6,9,11H2,1H3. The van der Waals surface area contributed by atoms with Gasteiger partial charge in [0.25, 0.3) is 5.91 Å². The lowest BCUT2D eigenvalue weighted by Gasteiger charge is -2.33. The van der Waals surface area contributed by atoms with E-state index in [1.54, 1.807) is 24.3 Å². The number of para-hydroxylation sites is 1. The van der Waals surface area contributed by atoms with Gasteiger partial charge in [-0.1, -0.05) is 12.1 Å². The number of nitrogens with zero attached hydrogens (tertiary/aromatic N) is 1. The Morgan fingerprint density at radius 3 is 2.95 bits per heavy atom. The molecule has 1 aromatic carbocycles. The highest BCUT2D eigenvalue weighted by molar-refractivity contribution is 5.81. The monoisotopic (exact) mass is 261 g/mol. The fourth-order valence-electron chi connectivity index (χ4n) is 2.40. The lowest BCUT2D eigenvalue weighted by atomic mass is 10.0. The van der Waals surface area contributed by atoms with Crippen molar-refractivity contribution in [3.05, 3.63) is 29.8 Å². The maximum Gasteiger partial charge on any atom is 0.260 e. The van der Waals surface area contributed by atoms with Gasteiger partial charge in [0.05, 0.1) is 5.56 Å². The van der Waals surface area contributed by atoms with E-state index >= 15 is 0 Å². The van der Waals surface area contributed by atoms with Gasteiger partial charge in [-0.25, -0.2) is 0 Å². The van der Waals surface area contributed by atoms with E-state index in [-0.39, 0.29) is 18.6 Å². The summed E-state index contributed by atoms with van der Waals surface area (Å²) in [5.41, 5.74) is 0.474. The number of aldehydes is 1.